The maximum absolute atomic E-state index is 13.6. The number of ether oxygens (including phenoxy) is 1. The Morgan fingerprint density at radius 2 is 1.85 bits per heavy atom. The Labute approximate surface area is 159 Å². The van der Waals surface area contributed by atoms with Crippen LogP contribution in [0.5, 0.6) is 0 Å². The van der Waals surface area contributed by atoms with Crippen molar-refractivity contribution in [2.45, 2.75) is 25.3 Å². The van der Waals surface area contributed by atoms with Gasteiger partial charge in [0.15, 0.2) is 11.6 Å². The van der Waals surface area contributed by atoms with Crippen molar-refractivity contribution in [2.24, 2.45) is 0 Å². The molecule has 2 heterocycles. The molecule has 1 aromatic carbocycles. The van der Waals surface area contributed by atoms with E-state index in [-0.39, 0.29) is 17.5 Å². The van der Waals surface area contributed by atoms with Gasteiger partial charge in [0, 0.05) is 57.5 Å². The van der Waals surface area contributed by atoms with Crippen molar-refractivity contribution in [1.29, 1.82) is 0 Å². The maximum Gasteiger partial charge on any atom is 0.254 e. The number of likely N-dealkylation sites (N-methyl/N-ethyl adjacent to an activating group) is 1. The Morgan fingerprint density at radius 3 is 2.52 bits per heavy atom. The molecular formula is C20H29F2N3O2. The van der Waals surface area contributed by atoms with E-state index in [4.69, 9.17) is 4.74 Å². The van der Waals surface area contributed by atoms with Crippen molar-refractivity contribution in [1.82, 2.24) is 14.7 Å². The highest BCUT2D eigenvalue weighted by Crippen LogP contribution is 2.19. The van der Waals surface area contributed by atoms with E-state index in [0.29, 0.717) is 19.8 Å². The minimum Gasteiger partial charge on any atom is -0.381 e. The van der Waals surface area contributed by atoms with E-state index in [1.165, 1.54) is 6.07 Å². The van der Waals surface area contributed by atoms with E-state index in [2.05, 4.69) is 16.8 Å². The lowest BCUT2D eigenvalue weighted by Gasteiger charge is -2.36. The molecule has 27 heavy (non-hydrogen) atoms. The van der Waals surface area contributed by atoms with Crippen LogP contribution in [0.4, 0.5) is 8.78 Å². The third kappa shape index (κ3) is 5.46. The minimum atomic E-state index is -0.981. The number of carbonyl (C=O) groups excluding carboxylic acids is 1. The third-order valence-corrected chi connectivity index (χ3v) is 5.53. The summed E-state index contributed by atoms with van der Waals surface area (Å²) in [7, 11) is 2.13. The molecule has 2 aliphatic rings. The maximum atomic E-state index is 13.6. The molecule has 0 radical (unpaired) electrons. The Kier molecular flexibility index (Phi) is 7.15. The van der Waals surface area contributed by atoms with Gasteiger partial charge in [-0.3, -0.25) is 4.79 Å². The van der Waals surface area contributed by atoms with E-state index >= 15 is 0 Å². The second-order valence-electron chi connectivity index (χ2n) is 7.47. The highest BCUT2D eigenvalue weighted by molar-refractivity contribution is 5.94. The summed E-state index contributed by atoms with van der Waals surface area (Å²) in [6.45, 7) is 7.05. The fourth-order valence-electron chi connectivity index (χ4n) is 3.78. The number of piperazine rings is 1. The van der Waals surface area contributed by atoms with Crippen LogP contribution in [-0.4, -0.2) is 86.2 Å². The zero-order valence-electron chi connectivity index (χ0n) is 16.0. The van der Waals surface area contributed by atoms with Crippen LogP contribution in [0, 0.1) is 11.6 Å². The normalized spacial score (nSPS) is 20.0. The van der Waals surface area contributed by atoms with E-state index in [1.54, 1.807) is 0 Å². The van der Waals surface area contributed by atoms with Gasteiger partial charge in [0.05, 0.1) is 0 Å². The van der Waals surface area contributed by atoms with Gasteiger partial charge in [0.25, 0.3) is 5.91 Å². The molecule has 0 spiro atoms. The first-order chi connectivity index (χ1) is 13.0. The SMILES string of the molecule is CN1CCN(CCCN(C(=O)c2ccc(F)c(F)c2)C2CCOCC2)CC1. The molecule has 7 heteroatoms. The third-order valence-electron chi connectivity index (χ3n) is 5.53. The van der Waals surface area contributed by atoms with Gasteiger partial charge in [-0.15, -0.1) is 0 Å². The molecule has 0 unspecified atom stereocenters. The molecule has 5 nitrogen and oxygen atoms in total. The van der Waals surface area contributed by atoms with Gasteiger partial charge in [-0.1, -0.05) is 0 Å². The number of carbonyl (C=O) groups is 1. The second kappa shape index (κ2) is 9.57. The van der Waals surface area contributed by atoms with Crippen LogP contribution in [0.25, 0.3) is 0 Å². The number of amides is 1. The molecule has 0 saturated carbocycles. The fraction of sp³-hybridized carbons (Fsp3) is 0.650. The standard InChI is InChI=1S/C20H29F2N3O2/c1-23-9-11-24(12-10-23)7-2-8-25(17-5-13-27-14-6-17)20(26)16-3-4-18(21)19(22)15-16/h3-4,15,17H,2,5-14H2,1H3. The zero-order chi connectivity index (χ0) is 19.2. The fourth-order valence-corrected chi connectivity index (χ4v) is 3.78. The highest BCUT2D eigenvalue weighted by Gasteiger charge is 2.27. The molecule has 0 aromatic heterocycles. The average Bonchev–Trinajstić information content (AvgIpc) is 2.69. The highest BCUT2D eigenvalue weighted by atomic mass is 19.2. The topological polar surface area (TPSA) is 36.0 Å². The lowest BCUT2D eigenvalue weighted by Crippen LogP contribution is -2.47. The minimum absolute atomic E-state index is 0.0897. The summed E-state index contributed by atoms with van der Waals surface area (Å²) in [4.78, 5) is 19.6. The number of halogens is 2. The van der Waals surface area contributed by atoms with Crippen molar-refractivity contribution >= 4 is 5.91 Å². The molecule has 1 amide bonds. The van der Waals surface area contributed by atoms with Gasteiger partial charge in [0.2, 0.25) is 0 Å². The summed E-state index contributed by atoms with van der Waals surface area (Å²) >= 11 is 0. The predicted octanol–water partition coefficient (Wildman–Crippen LogP) is 2.22. The zero-order valence-corrected chi connectivity index (χ0v) is 16.0. The van der Waals surface area contributed by atoms with E-state index < -0.39 is 11.6 Å². The number of rotatable bonds is 6. The molecule has 0 N–H and O–H groups in total. The van der Waals surface area contributed by atoms with Gasteiger partial charge in [-0.2, -0.15) is 0 Å². The van der Waals surface area contributed by atoms with Crippen LogP contribution in [0.1, 0.15) is 29.6 Å². The van der Waals surface area contributed by atoms with E-state index in [9.17, 15) is 13.6 Å². The van der Waals surface area contributed by atoms with Crippen LogP contribution in [0.15, 0.2) is 18.2 Å². The number of benzene rings is 1. The van der Waals surface area contributed by atoms with Crippen LogP contribution < -0.4 is 0 Å². The molecule has 2 saturated heterocycles. The Bertz CT molecular complexity index is 630. The van der Waals surface area contributed by atoms with Crippen LogP contribution in [0.2, 0.25) is 0 Å². The molecule has 1 aromatic rings. The van der Waals surface area contributed by atoms with Crippen molar-refractivity contribution < 1.29 is 18.3 Å². The number of hydrogen-bond donors (Lipinski definition) is 0. The number of hydrogen-bond acceptors (Lipinski definition) is 4. The quantitative estimate of drug-likeness (QED) is 0.757. The Morgan fingerprint density at radius 1 is 1.15 bits per heavy atom. The molecule has 2 fully saturated rings. The van der Waals surface area contributed by atoms with Crippen molar-refractivity contribution in [3.05, 3.63) is 35.4 Å². The van der Waals surface area contributed by atoms with Gasteiger partial charge in [-0.05, 0) is 51.1 Å². The van der Waals surface area contributed by atoms with Crippen LogP contribution >= 0.6 is 0 Å². The lowest BCUT2D eigenvalue weighted by atomic mass is 10.0. The lowest BCUT2D eigenvalue weighted by molar-refractivity contribution is 0.0275. The molecule has 150 valence electrons. The predicted molar refractivity (Wildman–Crippen MR) is 99.8 cm³/mol. The molecule has 0 aliphatic carbocycles. The molecular weight excluding hydrogens is 352 g/mol. The van der Waals surface area contributed by atoms with Crippen molar-refractivity contribution in [3.8, 4) is 0 Å². The van der Waals surface area contributed by atoms with Crippen molar-refractivity contribution in [2.75, 3.05) is 59.5 Å². The summed E-state index contributed by atoms with van der Waals surface area (Å²) in [6.07, 6.45) is 2.43. The second-order valence-corrected chi connectivity index (χ2v) is 7.47. The van der Waals surface area contributed by atoms with Gasteiger partial charge in [-0.25, -0.2) is 8.78 Å². The van der Waals surface area contributed by atoms with E-state index in [1.807, 2.05) is 4.90 Å². The first kappa shape index (κ1) is 20.2. The number of nitrogens with zero attached hydrogens (tertiary/aromatic N) is 3. The van der Waals surface area contributed by atoms with Crippen molar-refractivity contribution in [3.63, 3.8) is 0 Å². The van der Waals surface area contributed by atoms with Gasteiger partial charge < -0.3 is 19.4 Å². The first-order valence-electron chi connectivity index (χ1n) is 9.79. The molecule has 2 aliphatic heterocycles. The molecule has 3 rings (SSSR count). The summed E-state index contributed by atoms with van der Waals surface area (Å²) in [5.41, 5.74) is 0.208. The molecule has 0 bridgehead atoms. The summed E-state index contributed by atoms with van der Waals surface area (Å²) < 4.78 is 32.2. The average molecular weight is 381 g/mol. The van der Waals surface area contributed by atoms with E-state index in [0.717, 1.165) is 64.1 Å². The first-order valence-corrected chi connectivity index (χ1v) is 9.79. The summed E-state index contributed by atoms with van der Waals surface area (Å²) in [6, 6.07) is 3.49. The smallest absolute Gasteiger partial charge is 0.254 e. The monoisotopic (exact) mass is 381 g/mol. The van der Waals surface area contributed by atoms with Gasteiger partial charge >= 0.3 is 0 Å². The van der Waals surface area contributed by atoms with Gasteiger partial charge in [0.1, 0.15) is 0 Å². The van der Waals surface area contributed by atoms with Crippen LogP contribution in [-0.2, 0) is 4.74 Å². The molecule has 0 atom stereocenters. The largest absolute Gasteiger partial charge is 0.381 e. The summed E-state index contributed by atoms with van der Waals surface area (Å²) in [5, 5.41) is 0. The van der Waals surface area contributed by atoms with Crippen LogP contribution in [0.3, 0.4) is 0 Å². The summed E-state index contributed by atoms with van der Waals surface area (Å²) in [5.74, 6) is -2.14. The Hall–Kier alpha value is -1.57. The Balaban J connectivity index is 1.63.